The second-order valence-electron chi connectivity index (χ2n) is 1.17. The third-order valence-electron chi connectivity index (χ3n) is 0.458. The predicted molar refractivity (Wildman–Crippen MR) is 45.8 cm³/mol. The van der Waals surface area contributed by atoms with Gasteiger partial charge in [0.25, 0.3) is 0 Å². The van der Waals surface area contributed by atoms with E-state index in [2.05, 4.69) is 41.0 Å². The first kappa shape index (κ1) is 7.77. The lowest BCUT2D eigenvalue weighted by Crippen LogP contribution is -1.52. The van der Waals surface area contributed by atoms with E-state index >= 15 is 0 Å². The minimum Gasteiger partial charge on any atom is -0.0793 e. The molecule has 0 saturated carbocycles. The summed E-state index contributed by atoms with van der Waals surface area (Å²) in [5, 5.41) is 0. The summed E-state index contributed by atoms with van der Waals surface area (Å²) < 4.78 is 0.876. The highest BCUT2D eigenvalue weighted by Crippen LogP contribution is 1.96. The minimum absolute atomic E-state index is 0.876. The third kappa shape index (κ3) is 5.77. The van der Waals surface area contributed by atoms with Crippen LogP contribution in [0.1, 0.15) is 6.92 Å². The maximum Gasteiger partial charge on any atom is 0.0560 e. The number of rotatable bonds is 0. The fourth-order valence-corrected chi connectivity index (χ4v) is 0.359. The molecule has 0 atom stereocenters. The highest BCUT2D eigenvalue weighted by Gasteiger charge is 1.67. The zero-order valence-corrected chi connectivity index (χ0v) is 6.90. The quantitative estimate of drug-likeness (QED) is 0.433. The zero-order chi connectivity index (χ0) is 6.41. The molecule has 0 aromatic carbocycles. The standard InChI is InChI=1S/C7H7I/c1-3-4-5-6-7(2)8/h3-4H,2H2,1H3/b4-3-. The Hall–Kier alpha value is -0.230. The molecular weight excluding hydrogens is 211 g/mol. The topological polar surface area (TPSA) is 0 Å². The lowest BCUT2D eigenvalue weighted by atomic mass is 10.5. The first-order chi connectivity index (χ1) is 3.77. The van der Waals surface area contributed by atoms with E-state index in [1.165, 1.54) is 0 Å². The first-order valence-corrected chi connectivity index (χ1v) is 3.32. The summed E-state index contributed by atoms with van der Waals surface area (Å²) in [5.41, 5.74) is 0. The SMILES string of the molecule is C=C(I)C#C/C=C\C. The van der Waals surface area contributed by atoms with Crippen molar-refractivity contribution in [2.24, 2.45) is 0 Å². The lowest BCUT2D eigenvalue weighted by molar-refractivity contribution is 1.76. The maximum atomic E-state index is 3.61. The molecule has 0 aromatic heterocycles. The molecule has 42 valence electrons. The van der Waals surface area contributed by atoms with E-state index in [1.807, 2.05) is 13.0 Å². The Bertz CT molecular complexity index is 155. The number of halogens is 1. The van der Waals surface area contributed by atoms with Crippen LogP contribution in [0.2, 0.25) is 0 Å². The highest BCUT2D eigenvalue weighted by molar-refractivity contribution is 14.1. The summed E-state index contributed by atoms with van der Waals surface area (Å²) in [6.45, 7) is 5.54. The number of hydrogen-bond donors (Lipinski definition) is 0. The van der Waals surface area contributed by atoms with Crippen LogP contribution in [0.5, 0.6) is 0 Å². The minimum atomic E-state index is 0.876. The van der Waals surface area contributed by atoms with Crippen molar-refractivity contribution in [3.05, 3.63) is 22.3 Å². The van der Waals surface area contributed by atoms with Gasteiger partial charge in [-0.3, -0.25) is 0 Å². The van der Waals surface area contributed by atoms with E-state index in [4.69, 9.17) is 0 Å². The van der Waals surface area contributed by atoms with Crippen LogP contribution in [0.25, 0.3) is 0 Å². The number of hydrogen-bond acceptors (Lipinski definition) is 0. The van der Waals surface area contributed by atoms with Gasteiger partial charge < -0.3 is 0 Å². The largest absolute Gasteiger partial charge is 0.0793 e. The molecule has 0 aromatic rings. The van der Waals surface area contributed by atoms with Gasteiger partial charge in [0.1, 0.15) is 0 Å². The molecule has 8 heavy (non-hydrogen) atoms. The van der Waals surface area contributed by atoms with Crippen molar-refractivity contribution in [2.75, 3.05) is 0 Å². The highest BCUT2D eigenvalue weighted by atomic mass is 127. The Morgan fingerprint density at radius 3 is 2.75 bits per heavy atom. The normalized spacial score (nSPS) is 8.25. The number of allylic oxidation sites excluding steroid dienone is 3. The molecule has 0 aliphatic rings. The maximum absolute atomic E-state index is 3.61. The third-order valence-corrected chi connectivity index (χ3v) is 0.727. The van der Waals surface area contributed by atoms with Gasteiger partial charge in [-0.05, 0) is 35.6 Å². The second-order valence-corrected chi connectivity index (χ2v) is 2.48. The van der Waals surface area contributed by atoms with E-state index in [9.17, 15) is 0 Å². The fraction of sp³-hybridized carbons (Fsp3) is 0.143. The molecular formula is C7H7I. The van der Waals surface area contributed by atoms with Crippen molar-refractivity contribution in [3.63, 3.8) is 0 Å². The molecule has 0 unspecified atom stereocenters. The summed E-state index contributed by atoms with van der Waals surface area (Å²) in [6.07, 6.45) is 3.69. The van der Waals surface area contributed by atoms with Crippen LogP contribution in [0.4, 0.5) is 0 Å². The van der Waals surface area contributed by atoms with Crippen LogP contribution in [0, 0.1) is 11.8 Å². The van der Waals surface area contributed by atoms with Crippen molar-refractivity contribution in [1.29, 1.82) is 0 Å². The lowest BCUT2D eigenvalue weighted by Gasteiger charge is -1.69. The van der Waals surface area contributed by atoms with Gasteiger partial charge in [0.05, 0.1) is 3.58 Å². The van der Waals surface area contributed by atoms with Crippen LogP contribution in [0.15, 0.2) is 22.3 Å². The molecule has 0 bridgehead atoms. The first-order valence-electron chi connectivity index (χ1n) is 2.24. The molecule has 0 amide bonds. The second kappa shape index (κ2) is 4.92. The Labute approximate surface area is 63.8 Å². The molecule has 0 aliphatic heterocycles. The van der Waals surface area contributed by atoms with E-state index in [0.717, 1.165) is 3.58 Å². The Balaban J connectivity index is 3.68. The molecule has 0 N–H and O–H groups in total. The van der Waals surface area contributed by atoms with Gasteiger partial charge in [0.15, 0.2) is 0 Å². The van der Waals surface area contributed by atoms with Gasteiger partial charge >= 0.3 is 0 Å². The summed E-state index contributed by atoms with van der Waals surface area (Å²) in [5.74, 6) is 5.60. The van der Waals surface area contributed by atoms with Gasteiger partial charge in [0.2, 0.25) is 0 Å². The summed E-state index contributed by atoms with van der Waals surface area (Å²) in [6, 6.07) is 0. The van der Waals surface area contributed by atoms with E-state index in [1.54, 1.807) is 6.08 Å². The Morgan fingerprint density at radius 1 is 1.75 bits per heavy atom. The summed E-state index contributed by atoms with van der Waals surface area (Å²) in [4.78, 5) is 0. The van der Waals surface area contributed by atoms with E-state index in [0.29, 0.717) is 0 Å². The van der Waals surface area contributed by atoms with Gasteiger partial charge in [-0.2, -0.15) is 0 Å². The molecule has 0 rings (SSSR count). The monoisotopic (exact) mass is 218 g/mol. The van der Waals surface area contributed by atoms with Gasteiger partial charge in [0, 0.05) is 0 Å². The molecule has 0 fully saturated rings. The zero-order valence-electron chi connectivity index (χ0n) is 4.74. The van der Waals surface area contributed by atoms with Crippen molar-refractivity contribution < 1.29 is 0 Å². The Morgan fingerprint density at radius 2 is 2.38 bits per heavy atom. The molecule has 0 aliphatic carbocycles. The van der Waals surface area contributed by atoms with E-state index < -0.39 is 0 Å². The van der Waals surface area contributed by atoms with E-state index in [-0.39, 0.29) is 0 Å². The van der Waals surface area contributed by atoms with Crippen molar-refractivity contribution in [1.82, 2.24) is 0 Å². The molecule has 0 nitrogen and oxygen atoms in total. The van der Waals surface area contributed by atoms with Gasteiger partial charge in [-0.1, -0.05) is 24.5 Å². The fourth-order valence-electron chi connectivity index (χ4n) is 0.203. The molecule has 0 spiro atoms. The van der Waals surface area contributed by atoms with Crippen LogP contribution in [-0.2, 0) is 0 Å². The van der Waals surface area contributed by atoms with Gasteiger partial charge in [-0.15, -0.1) is 0 Å². The Kier molecular flexibility index (Phi) is 4.78. The average molecular weight is 218 g/mol. The van der Waals surface area contributed by atoms with Crippen LogP contribution >= 0.6 is 22.6 Å². The van der Waals surface area contributed by atoms with Gasteiger partial charge in [-0.25, -0.2) is 0 Å². The molecule has 0 saturated heterocycles. The summed E-state index contributed by atoms with van der Waals surface area (Å²) >= 11 is 2.08. The van der Waals surface area contributed by atoms with Crippen LogP contribution in [0.3, 0.4) is 0 Å². The predicted octanol–water partition coefficient (Wildman–Crippen LogP) is 2.51. The molecule has 1 heteroatoms. The van der Waals surface area contributed by atoms with Crippen molar-refractivity contribution in [3.8, 4) is 11.8 Å². The molecule has 0 heterocycles. The van der Waals surface area contributed by atoms with Crippen molar-refractivity contribution in [2.45, 2.75) is 6.92 Å². The van der Waals surface area contributed by atoms with Crippen molar-refractivity contribution >= 4 is 22.6 Å². The van der Waals surface area contributed by atoms with Crippen LogP contribution < -0.4 is 0 Å². The summed E-state index contributed by atoms with van der Waals surface area (Å²) in [7, 11) is 0. The average Bonchev–Trinajstić information content (AvgIpc) is 1.66. The smallest absolute Gasteiger partial charge is 0.0560 e. The van der Waals surface area contributed by atoms with Crippen LogP contribution in [-0.4, -0.2) is 0 Å². The molecule has 0 radical (unpaired) electrons.